The number of carbonyl (C=O) groups is 1. The van der Waals surface area contributed by atoms with Gasteiger partial charge in [-0.1, -0.05) is 12.8 Å². The quantitative estimate of drug-likeness (QED) is 0.848. The molecule has 1 fully saturated rings. The average molecular weight is 277 g/mol. The molecule has 1 aliphatic heterocycles. The summed E-state index contributed by atoms with van der Waals surface area (Å²) in [6.07, 6.45) is 5.48. The monoisotopic (exact) mass is 277 g/mol. The molecule has 1 aromatic heterocycles. The zero-order chi connectivity index (χ0) is 14.8. The number of Topliss-reactive ketones (excluding diaryl/α,β-unsaturated/α-hetero) is 1. The van der Waals surface area contributed by atoms with Gasteiger partial charge in [-0.05, 0) is 52.8 Å². The molecule has 0 aliphatic carbocycles. The van der Waals surface area contributed by atoms with E-state index in [9.17, 15) is 4.79 Å². The highest BCUT2D eigenvalue weighted by Gasteiger charge is 2.34. The van der Waals surface area contributed by atoms with E-state index in [1.54, 1.807) is 0 Å². The van der Waals surface area contributed by atoms with Crippen LogP contribution in [0, 0.1) is 6.92 Å². The molecule has 0 radical (unpaired) electrons. The van der Waals surface area contributed by atoms with E-state index in [2.05, 4.69) is 23.8 Å². The summed E-state index contributed by atoms with van der Waals surface area (Å²) in [5.74, 6) is 0.294. The molecular weight excluding hydrogens is 250 g/mol. The molecule has 0 N–H and O–H groups in total. The molecule has 20 heavy (non-hydrogen) atoms. The second-order valence-electron chi connectivity index (χ2n) is 6.46. The van der Waals surface area contributed by atoms with Crippen LogP contribution in [-0.2, 0) is 18.3 Å². The molecule has 0 unspecified atom stereocenters. The van der Waals surface area contributed by atoms with Crippen LogP contribution in [0.1, 0.15) is 50.9 Å². The van der Waals surface area contributed by atoms with Crippen LogP contribution in [-0.4, -0.2) is 39.1 Å². The van der Waals surface area contributed by atoms with E-state index in [1.165, 1.54) is 25.7 Å². The predicted octanol–water partition coefficient (Wildman–Crippen LogP) is 2.49. The van der Waals surface area contributed by atoms with Crippen molar-refractivity contribution in [2.24, 2.45) is 7.05 Å². The third-order valence-corrected chi connectivity index (χ3v) is 4.52. The fraction of sp³-hybridized carbons (Fsp3) is 0.750. The summed E-state index contributed by atoms with van der Waals surface area (Å²) in [5, 5.41) is 4.32. The lowest BCUT2D eigenvalue weighted by Crippen LogP contribution is -2.51. The second kappa shape index (κ2) is 6.08. The van der Waals surface area contributed by atoms with Gasteiger partial charge in [0.25, 0.3) is 0 Å². The highest BCUT2D eigenvalue weighted by atomic mass is 16.1. The minimum Gasteiger partial charge on any atom is -0.297 e. The average Bonchev–Trinajstić information content (AvgIpc) is 2.61. The molecule has 0 amide bonds. The Bertz CT molecular complexity index is 468. The van der Waals surface area contributed by atoms with E-state index in [4.69, 9.17) is 0 Å². The van der Waals surface area contributed by atoms with Crippen LogP contribution in [0.3, 0.4) is 0 Å². The largest absolute Gasteiger partial charge is 0.297 e. The lowest BCUT2D eigenvalue weighted by Gasteiger charge is -2.36. The van der Waals surface area contributed by atoms with Crippen LogP contribution in [0.4, 0.5) is 0 Å². The van der Waals surface area contributed by atoms with Gasteiger partial charge < -0.3 is 0 Å². The molecule has 2 rings (SSSR count). The SMILES string of the molecule is Cc1cc(CC(=O)C(C)(C)N2CCCCCC2)n(C)n1. The molecule has 0 spiro atoms. The van der Waals surface area contributed by atoms with E-state index in [1.807, 2.05) is 24.7 Å². The van der Waals surface area contributed by atoms with Crippen molar-refractivity contribution in [3.8, 4) is 0 Å². The first-order valence-electron chi connectivity index (χ1n) is 7.69. The van der Waals surface area contributed by atoms with Crippen LogP contribution in [0.15, 0.2) is 6.07 Å². The Balaban J connectivity index is 2.07. The lowest BCUT2D eigenvalue weighted by atomic mass is 9.92. The highest BCUT2D eigenvalue weighted by molar-refractivity contribution is 5.89. The number of aromatic nitrogens is 2. The van der Waals surface area contributed by atoms with Gasteiger partial charge in [-0.15, -0.1) is 0 Å². The minimum atomic E-state index is -0.373. The summed E-state index contributed by atoms with van der Waals surface area (Å²) in [6, 6.07) is 2.01. The maximum absolute atomic E-state index is 12.7. The number of hydrogen-bond acceptors (Lipinski definition) is 3. The molecule has 1 saturated heterocycles. The number of rotatable bonds is 4. The number of ketones is 1. The van der Waals surface area contributed by atoms with Crippen molar-refractivity contribution < 1.29 is 4.79 Å². The maximum atomic E-state index is 12.7. The fourth-order valence-electron chi connectivity index (χ4n) is 3.02. The van der Waals surface area contributed by atoms with Crippen molar-refractivity contribution in [2.45, 2.75) is 58.4 Å². The molecule has 4 nitrogen and oxygen atoms in total. The molecule has 0 bridgehead atoms. The van der Waals surface area contributed by atoms with Gasteiger partial charge in [0.2, 0.25) is 0 Å². The maximum Gasteiger partial charge on any atom is 0.158 e. The molecule has 0 saturated carbocycles. The Kier molecular flexibility index (Phi) is 4.63. The topological polar surface area (TPSA) is 38.1 Å². The molecule has 1 aliphatic rings. The van der Waals surface area contributed by atoms with E-state index in [0.29, 0.717) is 12.2 Å². The third-order valence-electron chi connectivity index (χ3n) is 4.52. The molecule has 4 heteroatoms. The first-order valence-corrected chi connectivity index (χ1v) is 7.69. The van der Waals surface area contributed by atoms with Crippen molar-refractivity contribution in [1.82, 2.24) is 14.7 Å². The zero-order valence-corrected chi connectivity index (χ0v) is 13.3. The number of nitrogens with zero attached hydrogens (tertiary/aromatic N) is 3. The van der Waals surface area contributed by atoms with Gasteiger partial charge in [0, 0.05) is 12.7 Å². The third kappa shape index (κ3) is 3.29. The van der Waals surface area contributed by atoms with Crippen LogP contribution in [0.5, 0.6) is 0 Å². The zero-order valence-electron chi connectivity index (χ0n) is 13.3. The van der Waals surface area contributed by atoms with Crippen molar-refractivity contribution in [3.05, 3.63) is 17.5 Å². The molecule has 2 heterocycles. The molecule has 0 atom stereocenters. The summed E-state index contributed by atoms with van der Waals surface area (Å²) in [6.45, 7) is 8.20. The van der Waals surface area contributed by atoms with Crippen molar-refractivity contribution in [2.75, 3.05) is 13.1 Å². The summed E-state index contributed by atoms with van der Waals surface area (Å²) in [7, 11) is 1.91. The highest BCUT2D eigenvalue weighted by Crippen LogP contribution is 2.22. The molecule has 112 valence electrons. The van der Waals surface area contributed by atoms with Crippen molar-refractivity contribution in [1.29, 1.82) is 0 Å². The Morgan fingerprint density at radius 1 is 1.25 bits per heavy atom. The van der Waals surface area contributed by atoms with E-state index >= 15 is 0 Å². The van der Waals surface area contributed by atoms with Gasteiger partial charge in [-0.25, -0.2) is 0 Å². The lowest BCUT2D eigenvalue weighted by molar-refractivity contribution is -0.128. The van der Waals surface area contributed by atoms with Gasteiger partial charge in [0.1, 0.15) is 0 Å². The molecule has 0 aromatic carbocycles. The number of hydrogen-bond donors (Lipinski definition) is 0. The molecular formula is C16H27N3O. The number of carbonyl (C=O) groups excluding carboxylic acids is 1. The standard InChI is InChI=1S/C16H27N3O/c1-13-11-14(18(4)17-13)12-15(20)16(2,3)19-9-7-5-6-8-10-19/h11H,5-10,12H2,1-4H3. The first-order chi connectivity index (χ1) is 9.41. The van der Waals surface area contributed by atoms with E-state index < -0.39 is 0 Å². The van der Waals surface area contributed by atoms with Crippen molar-refractivity contribution in [3.63, 3.8) is 0 Å². The smallest absolute Gasteiger partial charge is 0.158 e. The minimum absolute atomic E-state index is 0.294. The van der Waals surface area contributed by atoms with Crippen LogP contribution < -0.4 is 0 Å². The Hall–Kier alpha value is -1.16. The van der Waals surface area contributed by atoms with Gasteiger partial charge in [0.05, 0.1) is 17.7 Å². The Labute approximate surface area is 122 Å². The molecule has 1 aromatic rings. The summed E-state index contributed by atoms with van der Waals surface area (Å²) >= 11 is 0. The number of aryl methyl sites for hydroxylation is 2. The first kappa shape index (κ1) is 15.2. The van der Waals surface area contributed by atoms with E-state index in [0.717, 1.165) is 24.5 Å². The number of likely N-dealkylation sites (tertiary alicyclic amines) is 1. The summed E-state index contributed by atoms with van der Waals surface area (Å²) < 4.78 is 1.83. The predicted molar refractivity (Wildman–Crippen MR) is 80.8 cm³/mol. The van der Waals surface area contributed by atoms with Gasteiger partial charge in [-0.3, -0.25) is 14.4 Å². The van der Waals surface area contributed by atoms with Crippen molar-refractivity contribution >= 4 is 5.78 Å². The Morgan fingerprint density at radius 3 is 2.35 bits per heavy atom. The van der Waals surface area contributed by atoms with Gasteiger partial charge in [0.15, 0.2) is 5.78 Å². The van der Waals surface area contributed by atoms with Crippen LogP contribution >= 0.6 is 0 Å². The van der Waals surface area contributed by atoms with Crippen LogP contribution in [0.25, 0.3) is 0 Å². The second-order valence-corrected chi connectivity index (χ2v) is 6.46. The van der Waals surface area contributed by atoms with Crippen LogP contribution in [0.2, 0.25) is 0 Å². The summed E-state index contributed by atoms with van der Waals surface area (Å²) in [5.41, 5.74) is 1.61. The van der Waals surface area contributed by atoms with Gasteiger partial charge in [-0.2, -0.15) is 5.10 Å². The fourth-order valence-corrected chi connectivity index (χ4v) is 3.02. The van der Waals surface area contributed by atoms with Gasteiger partial charge >= 0.3 is 0 Å². The summed E-state index contributed by atoms with van der Waals surface area (Å²) in [4.78, 5) is 15.1. The normalized spacial score (nSPS) is 18.0. The Morgan fingerprint density at radius 2 is 1.85 bits per heavy atom. The van der Waals surface area contributed by atoms with E-state index in [-0.39, 0.29) is 5.54 Å².